The van der Waals surface area contributed by atoms with Gasteiger partial charge < -0.3 is 4.74 Å². The Morgan fingerprint density at radius 3 is 2.58 bits per heavy atom. The quantitative estimate of drug-likeness (QED) is 0.749. The molecule has 134 valence electrons. The summed E-state index contributed by atoms with van der Waals surface area (Å²) in [5.74, 6) is 2.13. The van der Waals surface area contributed by atoms with Crippen LogP contribution in [0.4, 0.5) is 0 Å². The first kappa shape index (κ1) is 16.6. The zero-order valence-corrected chi connectivity index (χ0v) is 15.3. The van der Waals surface area contributed by atoms with Crippen LogP contribution in [0.3, 0.4) is 0 Å². The zero-order chi connectivity index (χ0) is 17.1. The second kappa shape index (κ2) is 5.55. The molecule has 0 radical (unpaired) electrons. The van der Waals surface area contributed by atoms with Crippen LogP contribution in [0.2, 0.25) is 0 Å². The van der Waals surface area contributed by atoms with Crippen molar-refractivity contribution in [2.75, 3.05) is 7.11 Å². The summed E-state index contributed by atoms with van der Waals surface area (Å²) < 4.78 is 5.65. The fraction of sp³-hybridized carbons (Fsp3) is 0.900. The van der Waals surface area contributed by atoms with Gasteiger partial charge in [-0.3, -0.25) is 14.9 Å². The minimum Gasteiger partial charge on any atom is -0.381 e. The Kier molecular flexibility index (Phi) is 3.83. The lowest BCUT2D eigenvalue weighted by Crippen LogP contribution is -2.61. The van der Waals surface area contributed by atoms with Gasteiger partial charge in [-0.2, -0.15) is 0 Å². The van der Waals surface area contributed by atoms with Crippen LogP contribution >= 0.6 is 0 Å². The number of fused-ring (bicyclic) bond motifs is 5. The molecule has 2 amide bonds. The number of nitrogens with one attached hydrogen (secondary N) is 1. The van der Waals surface area contributed by atoms with E-state index in [1.165, 1.54) is 25.7 Å². The standard InChI is InChI=1S/C20H31NO3/c1-19-8-6-13(24-3)10-12(19)4-5-14-15(19)7-9-20(2)16(14)11-17(22)21-18(20)23/h12-16H,4-11H2,1-3H3,(H,21,22,23)/t12-,13+,14+,15+,16+,19-,20-/m0/s1. The van der Waals surface area contributed by atoms with Crippen LogP contribution in [-0.4, -0.2) is 25.0 Å². The fourth-order valence-corrected chi connectivity index (χ4v) is 6.93. The molecule has 7 atom stereocenters. The molecule has 3 aliphatic carbocycles. The first-order valence-electron chi connectivity index (χ1n) is 9.75. The Bertz CT molecular complexity index is 561. The van der Waals surface area contributed by atoms with E-state index in [9.17, 15) is 9.59 Å². The van der Waals surface area contributed by atoms with E-state index in [1.807, 2.05) is 7.11 Å². The van der Waals surface area contributed by atoms with Gasteiger partial charge in [0.05, 0.1) is 11.5 Å². The number of carbonyl (C=O) groups excluding carboxylic acids is 2. The molecular weight excluding hydrogens is 302 g/mol. The van der Waals surface area contributed by atoms with Crippen LogP contribution in [0, 0.1) is 34.5 Å². The second-order valence-electron chi connectivity index (χ2n) is 9.33. The molecule has 3 saturated carbocycles. The molecule has 1 saturated heterocycles. The van der Waals surface area contributed by atoms with E-state index in [-0.39, 0.29) is 23.1 Å². The van der Waals surface area contributed by atoms with E-state index in [1.54, 1.807) is 0 Å². The molecule has 1 N–H and O–H groups in total. The average molecular weight is 333 g/mol. The Balaban J connectivity index is 1.62. The highest BCUT2D eigenvalue weighted by molar-refractivity contribution is 6.01. The van der Waals surface area contributed by atoms with Gasteiger partial charge in [0.2, 0.25) is 11.8 Å². The summed E-state index contributed by atoms with van der Waals surface area (Å²) in [6, 6.07) is 0. The molecular formula is C20H31NO3. The first-order chi connectivity index (χ1) is 11.4. The molecule has 4 fully saturated rings. The topological polar surface area (TPSA) is 55.4 Å². The zero-order valence-electron chi connectivity index (χ0n) is 15.3. The number of rotatable bonds is 1. The molecule has 4 aliphatic rings. The number of hydrogen-bond donors (Lipinski definition) is 1. The molecule has 0 aromatic carbocycles. The van der Waals surface area contributed by atoms with Gasteiger partial charge in [0.15, 0.2) is 0 Å². The molecule has 24 heavy (non-hydrogen) atoms. The van der Waals surface area contributed by atoms with Gasteiger partial charge in [0.1, 0.15) is 0 Å². The van der Waals surface area contributed by atoms with E-state index in [2.05, 4.69) is 19.2 Å². The van der Waals surface area contributed by atoms with Crippen molar-refractivity contribution in [3.05, 3.63) is 0 Å². The average Bonchev–Trinajstić information content (AvgIpc) is 2.55. The van der Waals surface area contributed by atoms with Crippen molar-refractivity contribution in [1.29, 1.82) is 0 Å². The Labute approximate surface area is 145 Å². The predicted octanol–water partition coefficient (Wildman–Crippen LogP) is 3.30. The number of hydrogen-bond acceptors (Lipinski definition) is 3. The Morgan fingerprint density at radius 1 is 1.04 bits per heavy atom. The molecule has 0 aromatic heterocycles. The van der Waals surface area contributed by atoms with Crippen molar-refractivity contribution >= 4 is 11.8 Å². The molecule has 1 aliphatic heterocycles. The minimum absolute atomic E-state index is 0.0161. The summed E-state index contributed by atoms with van der Waals surface area (Å²) >= 11 is 0. The van der Waals surface area contributed by atoms with E-state index < -0.39 is 0 Å². The number of carbonyl (C=O) groups is 2. The van der Waals surface area contributed by atoms with Crippen molar-refractivity contribution in [2.45, 2.75) is 71.3 Å². The van der Waals surface area contributed by atoms with Gasteiger partial charge in [-0.15, -0.1) is 0 Å². The summed E-state index contributed by atoms with van der Waals surface area (Å²) in [6.07, 6.45) is 9.06. The number of ether oxygens (including phenoxy) is 1. The van der Waals surface area contributed by atoms with Crippen molar-refractivity contribution in [2.24, 2.45) is 34.5 Å². The van der Waals surface area contributed by atoms with E-state index in [0.29, 0.717) is 29.8 Å². The largest absolute Gasteiger partial charge is 0.381 e. The van der Waals surface area contributed by atoms with Crippen molar-refractivity contribution in [3.63, 3.8) is 0 Å². The molecule has 0 aromatic rings. The highest BCUT2D eigenvalue weighted by atomic mass is 16.5. The molecule has 4 heteroatoms. The van der Waals surface area contributed by atoms with Gasteiger partial charge in [-0.1, -0.05) is 13.8 Å². The van der Waals surface area contributed by atoms with Gasteiger partial charge in [-0.25, -0.2) is 0 Å². The normalized spacial score (nSPS) is 51.2. The van der Waals surface area contributed by atoms with Gasteiger partial charge in [0, 0.05) is 13.5 Å². The van der Waals surface area contributed by atoms with Crippen molar-refractivity contribution in [1.82, 2.24) is 5.32 Å². The lowest BCUT2D eigenvalue weighted by atomic mass is 9.44. The predicted molar refractivity (Wildman–Crippen MR) is 91.1 cm³/mol. The van der Waals surface area contributed by atoms with Crippen LogP contribution in [0.25, 0.3) is 0 Å². The summed E-state index contributed by atoms with van der Waals surface area (Å²) in [7, 11) is 1.84. The lowest BCUT2D eigenvalue weighted by molar-refractivity contribution is -0.166. The van der Waals surface area contributed by atoms with E-state index in [4.69, 9.17) is 4.74 Å². The van der Waals surface area contributed by atoms with Crippen LogP contribution in [-0.2, 0) is 14.3 Å². The smallest absolute Gasteiger partial charge is 0.232 e. The van der Waals surface area contributed by atoms with E-state index in [0.717, 1.165) is 25.2 Å². The third kappa shape index (κ3) is 2.21. The van der Waals surface area contributed by atoms with Crippen LogP contribution in [0.1, 0.15) is 65.2 Å². The Morgan fingerprint density at radius 2 is 1.83 bits per heavy atom. The number of methoxy groups -OCH3 is 1. The van der Waals surface area contributed by atoms with E-state index >= 15 is 0 Å². The summed E-state index contributed by atoms with van der Waals surface area (Å²) in [6.45, 7) is 4.60. The third-order valence-electron chi connectivity index (χ3n) is 8.52. The maximum absolute atomic E-state index is 12.5. The number of piperidine rings is 1. The van der Waals surface area contributed by atoms with Gasteiger partial charge in [-0.05, 0) is 74.0 Å². The SMILES string of the molecule is CO[C@@H]1CC[C@@]2(C)[C@@H](CC[C@@H]3[C@H]2CC[C@]2(C)C(=O)NC(=O)C[C@H]32)C1. The van der Waals surface area contributed by atoms with Crippen LogP contribution in [0.5, 0.6) is 0 Å². The maximum atomic E-state index is 12.5. The monoisotopic (exact) mass is 333 g/mol. The third-order valence-corrected chi connectivity index (χ3v) is 8.52. The summed E-state index contributed by atoms with van der Waals surface area (Å²) in [5, 5.41) is 2.60. The van der Waals surface area contributed by atoms with Gasteiger partial charge in [0.25, 0.3) is 0 Å². The minimum atomic E-state index is -0.331. The molecule has 1 heterocycles. The summed E-state index contributed by atoms with van der Waals surface area (Å²) in [5.41, 5.74) is 0.0399. The van der Waals surface area contributed by atoms with Crippen molar-refractivity contribution < 1.29 is 14.3 Å². The highest BCUT2D eigenvalue weighted by Crippen LogP contribution is 2.64. The molecule has 0 unspecified atom stereocenters. The molecule has 0 spiro atoms. The summed E-state index contributed by atoms with van der Waals surface area (Å²) in [4.78, 5) is 24.6. The second-order valence-corrected chi connectivity index (χ2v) is 9.33. The maximum Gasteiger partial charge on any atom is 0.232 e. The van der Waals surface area contributed by atoms with Crippen LogP contribution < -0.4 is 5.32 Å². The first-order valence-corrected chi connectivity index (χ1v) is 9.75. The number of amides is 2. The molecule has 0 bridgehead atoms. The van der Waals surface area contributed by atoms with Crippen LogP contribution in [0.15, 0.2) is 0 Å². The number of imide groups is 1. The highest BCUT2D eigenvalue weighted by Gasteiger charge is 2.60. The van der Waals surface area contributed by atoms with Gasteiger partial charge >= 0.3 is 0 Å². The fourth-order valence-electron chi connectivity index (χ4n) is 6.93. The Hall–Kier alpha value is -0.900. The molecule has 4 rings (SSSR count). The lowest BCUT2D eigenvalue weighted by Gasteiger charge is -2.61. The molecule has 4 nitrogen and oxygen atoms in total. The van der Waals surface area contributed by atoms with Crippen molar-refractivity contribution in [3.8, 4) is 0 Å².